The molecule has 224 valence electrons. The molecule has 2 unspecified atom stereocenters. The fourth-order valence-corrected chi connectivity index (χ4v) is 7.94. The summed E-state index contributed by atoms with van der Waals surface area (Å²) < 4.78 is 52.7. The number of phenols is 1. The molecular weight excluding hydrogens is 550 g/mol. The monoisotopic (exact) mass is 588 g/mol. The Morgan fingerprint density at radius 2 is 2.16 bits per heavy atom. The van der Waals surface area contributed by atoms with Crippen LogP contribution in [-0.2, 0) is 13.0 Å². The molecule has 2 bridgehead atoms. The molecule has 0 amide bonds. The van der Waals surface area contributed by atoms with Crippen molar-refractivity contribution in [2.24, 2.45) is 0 Å². The van der Waals surface area contributed by atoms with Crippen LogP contribution in [0.25, 0.3) is 10.8 Å². The Kier molecular flexibility index (Phi) is 5.87. The molecule has 4 atom stereocenters. The number of rotatable bonds is 5. The zero-order chi connectivity index (χ0) is 31.1. The third-order valence-electron chi connectivity index (χ3n) is 10.1. The summed E-state index contributed by atoms with van der Waals surface area (Å²) in [5.41, 5.74) is 1.87. The van der Waals surface area contributed by atoms with Crippen LogP contribution in [0.3, 0.4) is 0 Å². The highest BCUT2D eigenvalue weighted by Crippen LogP contribution is 2.42. The van der Waals surface area contributed by atoms with Crippen molar-refractivity contribution < 1.29 is 21.4 Å². The number of nitrogens with one attached hydrogen (secondary N) is 1. The molecule has 0 radical (unpaired) electrons. The van der Waals surface area contributed by atoms with E-state index in [1.165, 1.54) is 6.07 Å². The SMILES string of the molecule is [2H]C1([2H])CC[C@@]2(COc3nc4c(c(N5CC6CCC5CN6)n3)CCN(c3cc(O)cc5ccc(F)c(C#C)c35)C4)C[C@@H](F)CN12. The van der Waals surface area contributed by atoms with Gasteiger partial charge in [0, 0.05) is 70.1 Å². The highest BCUT2D eigenvalue weighted by atomic mass is 19.1. The van der Waals surface area contributed by atoms with E-state index in [-0.39, 0.29) is 36.9 Å². The Morgan fingerprint density at radius 1 is 1.26 bits per heavy atom. The van der Waals surface area contributed by atoms with Crippen molar-refractivity contribution in [2.45, 2.75) is 68.9 Å². The van der Waals surface area contributed by atoms with E-state index < -0.39 is 24.0 Å². The number of alkyl halides is 1. The average Bonchev–Trinajstić information content (AvgIpc) is 3.51. The second-order valence-corrected chi connectivity index (χ2v) is 12.6. The Balaban J connectivity index is 1.17. The number of hydrogen-bond acceptors (Lipinski definition) is 8. The molecule has 3 aromatic rings. The Hall–Kier alpha value is -3.68. The van der Waals surface area contributed by atoms with Crippen molar-refractivity contribution in [3.63, 3.8) is 0 Å². The van der Waals surface area contributed by atoms with Gasteiger partial charge in [-0.1, -0.05) is 12.0 Å². The van der Waals surface area contributed by atoms with Crippen LogP contribution < -0.4 is 19.9 Å². The van der Waals surface area contributed by atoms with Gasteiger partial charge in [-0.3, -0.25) is 4.90 Å². The predicted molar refractivity (Wildman–Crippen MR) is 161 cm³/mol. The molecule has 1 aromatic heterocycles. The minimum atomic E-state index is -1.58. The highest BCUT2D eigenvalue weighted by molar-refractivity contribution is 6.00. The molecule has 0 aliphatic carbocycles. The molecule has 2 aromatic carbocycles. The zero-order valence-corrected chi connectivity index (χ0v) is 24.0. The maximum Gasteiger partial charge on any atom is 0.318 e. The number of nitrogens with zero attached hydrogens (tertiary/aromatic N) is 5. The lowest BCUT2D eigenvalue weighted by atomic mass is 9.92. The second-order valence-electron chi connectivity index (χ2n) is 12.6. The fourth-order valence-electron chi connectivity index (χ4n) is 7.94. The number of phenolic OH excluding ortho intramolecular Hbond substituents is 1. The number of ether oxygens (including phenoxy) is 1. The number of terminal acetylenes is 1. The summed E-state index contributed by atoms with van der Waals surface area (Å²) in [5.74, 6) is 2.93. The number of benzene rings is 2. The molecule has 2 N–H and O–H groups in total. The molecule has 6 aliphatic rings. The Labute approximate surface area is 252 Å². The zero-order valence-electron chi connectivity index (χ0n) is 26.0. The van der Waals surface area contributed by atoms with E-state index in [9.17, 15) is 13.9 Å². The molecule has 9 rings (SSSR count). The molecule has 10 heteroatoms. The first kappa shape index (κ1) is 24.7. The first-order chi connectivity index (χ1) is 21.6. The number of hydrogen-bond donors (Lipinski definition) is 2. The molecule has 0 saturated carbocycles. The summed E-state index contributed by atoms with van der Waals surface area (Å²) in [6, 6.07) is 7.03. The van der Waals surface area contributed by atoms with Gasteiger partial charge in [0.1, 0.15) is 30.2 Å². The lowest BCUT2D eigenvalue weighted by molar-refractivity contribution is 0.107. The second kappa shape index (κ2) is 10.2. The number of anilines is 2. The number of piperidine rings is 2. The van der Waals surface area contributed by atoms with E-state index in [2.05, 4.69) is 21.0 Å². The van der Waals surface area contributed by atoms with Crippen molar-refractivity contribution in [3.8, 4) is 24.1 Å². The standard InChI is InChI=1S/C33H36F2N6O2/c1-2-25-27(35)7-4-20-12-24(42)13-29(30(20)25)39-11-8-26-28(18-39)37-32(38-31(26)41-17-22-5-6-23(41)15-36-22)43-19-33-9-3-10-40(33)16-21(34)14-33/h1,4,7,12-13,21-23,36,42H,3,5-6,8-11,14-19H2/t21-,22?,23?,33+/m1/s1/i10D2. The molecule has 8 nitrogen and oxygen atoms in total. The molecular formula is C33H36F2N6O2. The molecule has 0 spiro atoms. The summed E-state index contributed by atoms with van der Waals surface area (Å²) in [6.07, 6.45) is 8.53. The largest absolute Gasteiger partial charge is 0.508 e. The van der Waals surface area contributed by atoms with Crippen LogP contribution in [0.1, 0.15) is 51.7 Å². The van der Waals surface area contributed by atoms with Crippen LogP contribution in [-0.4, -0.2) is 83.1 Å². The number of aromatic hydroxyl groups is 1. The van der Waals surface area contributed by atoms with Crippen LogP contribution in [0.15, 0.2) is 24.3 Å². The van der Waals surface area contributed by atoms with Crippen molar-refractivity contribution in [2.75, 3.05) is 49.1 Å². The first-order valence-corrected chi connectivity index (χ1v) is 15.3. The lowest BCUT2D eigenvalue weighted by Gasteiger charge is -2.47. The van der Waals surface area contributed by atoms with E-state index in [1.54, 1.807) is 23.1 Å². The minimum Gasteiger partial charge on any atom is -0.508 e. The van der Waals surface area contributed by atoms with Gasteiger partial charge in [-0.15, -0.1) is 6.42 Å². The van der Waals surface area contributed by atoms with Gasteiger partial charge in [0.25, 0.3) is 0 Å². The van der Waals surface area contributed by atoms with Crippen LogP contribution in [0.5, 0.6) is 11.8 Å². The van der Waals surface area contributed by atoms with Crippen molar-refractivity contribution in [1.82, 2.24) is 20.2 Å². The van der Waals surface area contributed by atoms with Crippen LogP contribution in [0.4, 0.5) is 20.3 Å². The van der Waals surface area contributed by atoms with Crippen molar-refractivity contribution >= 4 is 22.3 Å². The predicted octanol–water partition coefficient (Wildman–Crippen LogP) is 3.91. The number of aromatic nitrogens is 2. The quantitative estimate of drug-likeness (QED) is 0.435. The lowest BCUT2D eigenvalue weighted by Crippen LogP contribution is -2.61. The van der Waals surface area contributed by atoms with Gasteiger partial charge in [0.05, 0.1) is 23.3 Å². The van der Waals surface area contributed by atoms with Crippen LogP contribution in [0.2, 0.25) is 0 Å². The van der Waals surface area contributed by atoms with Crippen LogP contribution in [0, 0.1) is 18.2 Å². The smallest absolute Gasteiger partial charge is 0.318 e. The van der Waals surface area contributed by atoms with Crippen molar-refractivity contribution in [3.05, 3.63) is 46.9 Å². The van der Waals surface area contributed by atoms with Gasteiger partial charge in [0.15, 0.2) is 0 Å². The number of piperazine rings is 1. The van der Waals surface area contributed by atoms with E-state index in [1.807, 2.05) is 0 Å². The van der Waals surface area contributed by atoms with E-state index in [0.717, 1.165) is 43.0 Å². The highest BCUT2D eigenvalue weighted by Gasteiger charge is 2.49. The third-order valence-corrected chi connectivity index (χ3v) is 10.1. The number of halogens is 2. The molecule has 5 saturated heterocycles. The summed E-state index contributed by atoms with van der Waals surface area (Å²) >= 11 is 0. The van der Waals surface area contributed by atoms with Gasteiger partial charge in [-0.25, -0.2) is 8.78 Å². The maximum atomic E-state index is 14.8. The molecule has 5 fully saturated rings. The Morgan fingerprint density at radius 3 is 2.95 bits per heavy atom. The maximum absolute atomic E-state index is 14.8. The van der Waals surface area contributed by atoms with Gasteiger partial charge < -0.3 is 25.0 Å². The average molecular weight is 589 g/mol. The number of fused-ring (bicyclic) bond motifs is 6. The first-order valence-electron chi connectivity index (χ1n) is 16.3. The molecule has 6 aliphatic heterocycles. The van der Waals surface area contributed by atoms with Gasteiger partial charge >= 0.3 is 6.01 Å². The summed E-state index contributed by atoms with van der Waals surface area (Å²) in [6.45, 7) is 1.26. The Bertz CT molecular complexity index is 1730. The van der Waals surface area contributed by atoms with E-state index in [0.29, 0.717) is 60.9 Å². The summed E-state index contributed by atoms with van der Waals surface area (Å²) in [5, 5.41) is 15.4. The van der Waals surface area contributed by atoms with Gasteiger partial charge in [-0.05, 0) is 56.1 Å². The van der Waals surface area contributed by atoms with E-state index >= 15 is 0 Å². The van der Waals surface area contributed by atoms with Crippen LogP contribution >= 0.6 is 0 Å². The topological polar surface area (TPSA) is 77.0 Å². The minimum absolute atomic E-state index is 0.0591. The normalized spacial score (nSPS) is 30.1. The van der Waals surface area contributed by atoms with E-state index in [4.69, 9.17) is 23.9 Å². The third kappa shape index (κ3) is 4.47. The summed E-state index contributed by atoms with van der Waals surface area (Å²) in [4.78, 5) is 15.9. The van der Waals surface area contributed by atoms with Crippen molar-refractivity contribution in [1.29, 1.82) is 0 Å². The molecule has 43 heavy (non-hydrogen) atoms. The fraction of sp³-hybridized carbons (Fsp3) is 0.515. The van der Waals surface area contributed by atoms with Gasteiger partial charge in [0.2, 0.25) is 0 Å². The molecule has 7 heterocycles. The van der Waals surface area contributed by atoms with Gasteiger partial charge in [-0.2, -0.15) is 9.97 Å². The summed E-state index contributed by atoms with van der Waals surface area (Å²) in [7, 11) is 0.